The number of rotatable bonds is 2. The van der Waals surface area contributed by atoms with E-state index in [-0.39, 0.29) is 16.5 Å². The van der Waals surface area contributed by atoms with Crippen molar-refractivity contribution >= 4 is 17.6 Å². The molecular formula is C13H12ClNO4. The van der Waals surface area contributed by atoms with Gasteiger partial charge in [0.15, 0.2) is 11.5 Å². The van der Waals surface area contributed by atoms with Crippen LogP contribution in [0.5, 0.6) is 5.75 Å². The van der Waals surface area contributed by atoms with Gasteiger partial charge >= 0.3 is 5.97 Å². The number of halogens is 1. The Labute approximate surface area is 114 Å². The molecule has 19 heavy (non-hydrogen) atoms. The van der Waals surface area contributed by atoms with Gasteiger partial charge in [0.25, 0.3) is 0 Å². The maximum absolute atomic E-state index is 10.8. The molecule has 1 aromatic carbocycles. The highest BCUT2D eigenvalue weighted by Gasteiger charge is 2.21. The molecule has 1 aromatic heterocycles. The van der Waals surface area contributed by atoms with E-state index in [9.17, 15) is 9.90 Å². The van der Waals surface area contributed by atoms with Gasteiger partial charge in [0.1, 0.15) is 5.75 Å². The number of aromatic carboxylic acids is 1. The van der Waals surface area contributed by atoms with Crippen LogP contribution in [0.25, 0.3) is 11.3 Å². The molecule has 100 valence electrons. The molecule has 0 fully saturated rings. The fourth-order valence-electron chi connectivity index (χ4n) is 1.96. The van der Waals surface area contributed by atoms with Crippen LogP contribution in [0, 0.1) is 20.8 Å². The summed E-state index contributed by atoms with van der Waals surface area (Å²) in [7, 11) is 0. The summed E-state index contributed by atoms with van der Waals surface area (Å²) in [5.41, 5.74) is 2.50. The van der Waals surface area contributed by atoms with Gasteiger partial charge in [-0.25, -0.2) is 4.79 Å². The second kappa shape index (κ2) is 4.59. The van der Waals surface area contributed by atoms with Crippen molar-refractivity contribution in [2.24, 2.45) is 0 Å². The number of phenolic OH excluding ortho intramolecular Hbond substituents is 1. The highest BCUT2D eigenvalue weighted by atomic mass is 35.5. The van der Waals surface area contributed by atoms with E-state index in [4.69, 9.17) is 21.2 Å². The minimum absolute atomic E-state index is 0.0263. The van der Waals surface area contributed by atoms with E-state index in [1.165, 1.54) is 6.07 Å². The Morgan fingerprint density at radius 1 is 1.26 bits per heavy atom. The predicted octanol–water partition coefficient (Wildman–Crippen LogP) is 3.32. The highest BCUT2D eigenvalue weighted by Crippen LogP contribution is 2.40. The molecule has 1 heterocycles. The van der Waals surface area contributed by atoms with Crippen LogP contribution in [-0.4, -0.2) is 21.3 Å². The molecule has 6 heteroatoms. The molecule has 0 spiro atoms. The number of phenols is 1. The molecule has 0 saturated carbocycles. The third-order valence-electron chi connectivity index (χ3n) is 3.18. The molecule has 0 radical (unpaired) electrons. The lowest BCUT2D eigenvalue weighted by atomic mass is 9.95. The first kappa shape index (κ1) is 13.4. The Bertz CT molecular complexity index is 647. The zero-order chi connectivity index (χ0) is 14.3. The summed E-state index contributed by atoms with van der Waals surface area (Å²) in [6.45, 7) is 5.26. The first-order valence-corrected chi connectivity index (χ1v) is 5.91. The largest absolute Gasteiger partial charge is 0.506 e. The summed E-state index contributed by atoms with van der Waals surface area (Å²) < 4.78 is 5.05. The van der Waals surface area contributed by atoms with Gasteiger partial charge in [0.05, 0.1) is 5.02 Å². The molecule has 0 saturated heterocycles. The minimum atomic E-state index is -1.16. The van der Waals surface area contributed by atoms with Gasteiger partial charge < -0.3 is 14.7 Å². The van der Waals surface area contributed by atoms with Crippen LogP contribution in [0.4, 0.5) is 0 Å². The first-order valence-electron chi connectivity index (χ1n) is 5.53. The van der Waals surface area contributed by atoms with E-state index in [1.807, 2.05) is 0 Å². The lowest BCUT2D eigenvalue weighted by Crippen LogP contribution is -1.95. The third-order valence-corrected chi connectivity index (χ3v) is 3.64. The zero-order valence-electron chi connectivity index (χ0n) is 10.6. The molecule has 5 nitrogen and oxygen atoms in total. The molecule has 2 rings (SSSR count). The van der Waals surface area contributed by atoms with E-state index in [0.717, 1.165) is 5.56 Å². The Morgan fingerprint density at radius 3 is 2.42 bits per heavy atom. The SMILES string of the molecule is Cc1c(C)c(-c2cc(C(=O)O)no2)c(C)c(Cl)c1O. The standard InChI is InChI=1S/C13H12ClNO4/c1-5-6(2)12(16)11(14)7(3)10(5)9-4-8(13(17)18)15-19-9/h4,16H,1-3H3,(H,17,18). The van der Waals surface area contributed by atoms with Gasteiger partial charge in [-0.3, -0.25) is 0 Å². The average molecular weight is 282 g/mol. The van der Waals surface area contributed by atoms with Crippen LogP contribution < -0.4 is 0 Å². The number of nitrogens with zero attached hydrogens (tertiary/aromatic N) is 1. The van der Waals surface area contributed by atoms with Crippen LogP contribution in [0.1, 0.15) is 27.2 Å². The monoisotopic (exact) mass is 281 g/mol. The molecule has 0 bridgehead atoms. The molecule has 0 aliphatic carbocycles. The second-order valence-corrected chi connectivity index (χ2v) is 4.67. The van der Waals surface area contributed by atoms with Crippen molar-refractivity contribution in [3.63, 3.8) is 0 Å². The van der Waals surface area contributed by atoms with Gasteiger partial charge in [-0.1, -0.05) is 16.8 Å². The lowest BCUT2D eigenvalue weighted by Gasteiger charge is -2.13. The van der Waals surface area contributed by atoms with Crippen LogP contribution in [0.15, 0.2) is 10.6 Å². The zero-order valence-corrected chi connectivity index (χ0v) is 11.4. The van der Waals surface area contributed by atoms with Crippen molar-refractivity contribution in [3.05, 3.63) is 33.5 Å². The Morgan fingerprint density at radius 2 is 1.89 bits per heavy atom. The number of hydrogen-bond acceptors (Lipinski definition) is 4. The summed E-state index contributed by atoms with van der Waals surface area (Å²) >= 11 is 6.05. The highest BCUT2D eigenvalue weighted by molar-refractivity contribution is 6.33. The van der Waals surface area contributed by atoms with Crippen molar-refractivity contribution in [2.75, 3.05) is 0 Å². The van der Waals surface area contributed by atoms with Crippen LogP contribution >= 0.6 is 11.6 Å². The topological polar surface area (TPSA) is 83.6 Å². The predicted molar refractivity (Wildman–Crippen MR) is 69.8 cm³/mol. The molecule has 0 amide bonds. The molecule has 2 N–H and O–H groups in total. The van der Waals surface area contributed by atoms with Crippen LogP contribution in [-0.2, 0) is 0 Å². The number of carboxylic acids is 1. The first-order chi connectivity index (χ1) is 8.84. The molecule has 0 aliphatic rings. The maximum atomic E-state index is 10.8. The van der Waals surface area contributed by atoms with E-state index < -0.39 is 5.97 Å². The molecule has 0 unspecified atom stereocenters. The smallest absolute Gasteiger partial charge is 0.358 e. The third kappa shape index (κ3) is 2.06. The van der Waals surface area contributed by atoms with Crippen molar-refractivity contribution in [2.45, 2.75) is 20.8 Å². The molecule has 0 aliphatic heterocycles. The van der Waals surface area contributed by atoms with Crippen molar-refractivity contribution in [1.29, 1.82) is 0 Å². The Kier molecular flexibility index (Phi) is 3.24. The summed E-state index contributed by atoms with van der Waals surface area (Å²) in [5, 5.41) is 22.4. The lowest BCUT2D eigenvalue weighted by molar-refractivity contribution is 0.0686. The fourth-order valence-corrected chi connectivity index (χ4v) is 2.20. The summed E-state index contributed by atoms with van der Waals surface area (Å²) in [5.74, 6) is -0.817. The number of carboxylic acid groups (broad SMARTS) is 1. The Hall–Kier alpha value is -2.01. The summed E-state index contributed by atoms with van der Waals surface area (Å²) in [6, 6.07) is 1.34. The van der Waals surface area contributed by atoms with E-state index in [0.29, 0.717) is 22.5 Å². The normalized spacial score (nSPS) is 10.7. The summed E-state index contributed by atoms with van der Waals surface area (Å²) in [4.78, 5) is 10.8. The van der Waals surface area contributed by atoms with Crippen molar-refractivity contribution in [3.8, 4) is 17.1 Å². The maximum Gasteiger partial charge on any atom is 0.358 e. The van der Waals surface area contributed by atoms with Gasteiger partial charge in [0.2, 0.25) is 0 Å². The van der Waals surface area contributed by atoms with E-state index in [2.05, 4.69) is 5.16 Å². The van der Waals surface area contributed by atoms with Gasteiger partial charge in [0, 0.05) is 11.6 Å². The van der Waals surface area contributed by atoms with Crippen LogP contribution in [0.2, 0.25) is 5.02 Å². The number of benzene rings is 1. The van der Waals surface area contributed by atoms with Crippen molar-refractivity contribution < 1.29 is 19.5 Å². The second-order valence-electron chi connectivity index (χ2n) is 4.29. The van der Waals surface area contributed by atoms with Gasteiger partial charge in [-0.15, -0.1) is 0 Å². The van der Waals surface area contributed by atoms with E-state index >= 15 is 0 Å². The number of aromatic nitrogens is 1. The van der Waals surface area contributed by atoms with Gasteiger partial charge in [-0.2, -0.15) is 0 Å². The number of hydrogen-bond donors (Lipinski definition) is 2. The van der Waals surface area contributed by atoms with Gasteiger partial charge in [-0.05, 0) is 37.5 Å². The van der Waals surface area contributed by atoms with Crippen LogP contribution in [0.3, 0.4) is 0 Å². The molecule has 2 aromatic rings. The number of aromatic hydroxyl groups is 1. The van der Waals surface area contributed by atoms with Crippen molar-refractivity contribution in [1.82, 2.24) is 5.16 Å². The minimum Gasteiger partial charge on any atom is -0.506 e. The van der Waals surface area contributed by atoms with E-state index in [1.54, 1.807) is 20.8 Å². The molecular weight excluding hydrogens is 270 g/mol. The fraction of sp³-hybridized carbons (Fsp3) is 0.231. The molecule has 0 atom stereocenters. The Balaban J connectivity index is 2.71. The average Bonchev–Trinajstić information content (AvgIpc) is 2.84. The summed E-state index contributed by atoms with van der Waals surface area (Å²) in [6.07, 6.45) is 0. The quantitative estimate of drug-likeness (QED) is 0.882. The number of carbonyl (C=O) groups is 1.